The lowest BCUT2D eigenvalue weighted by Gasteiger charge is -2.02. The molecule has 72 valence electrons. The number of benzene rings is 1. The highest BCUT2D eigenvalue weighted by molar-refractivity contribution is 6.17. The molecule has 0 atom stereocenters. The lowest BCUT2D eigenvalue weighted by molar-refractivity contribution is -0.385. The van der Waals surface area contributed by atoms with Gasteiger partial charge in [0.1, 0.15) is 11.6 Å². The molecular weight excluding hydrogens is 204 g/mol. The fourth-order valence-electron chi connectivity index (χ4n) is 1.26. The van der Waals surface area contributed by atoms with Gasteiger partial charge in [0.2, 0.25) is 0 Å². The predicted octanol–water partition coefficient (Wildman–Crippen LogP) is 2.51. The first-order valence-electron chi connectivity index (χ1n) is 3.84. The first-order chi connectivity index (χ1) is 6.60. The standard InChI is InChI=1S/C9H7ClN2O2/c1-6-2-7(4-10)9(12(13)14)8(3-6)5-11/h2-3H,4H2,1H3. The molecule has 14 heavy (non-hydrogen) atoms. The van der Waals surface area contributed by atoms with E-state index in [9.17, 15) is 10.1 Å². The largest absolute Gasteiger partial charge is 0.291 e. The average molecular weight is 211 g/mol. The number of nitrogens with zero attached hydrogens (tertiary/aromatic N) is 2. The zero-order valence-electron chi connectivity index (χ0n) is 7.45. The maximum atomic E-state index is 10.7. The molecule has 0 amide bonds. The molecule has 1 aromatic rings. The molecule has 5 heteroatoms. The van der Waals surface area contributed by atoms with E-state index in [0.29, 0.717) is 5.56 Å². The first-order valence-corrected chi connectivity index (χ1v) is 4.37. The summed E-state index contributed by atoms with van der Waals surface area (Å²) in [6, 6.07) is 4.89. The van der Waals surface area contributed by atoms with Crippen molar-refractivity contribution in [2.75, 3.05) is 0 Å². The molecule has 0 radical (unpaired) electrons. The van der Waals surface area contributed by atoms with Crippen molar-refractivity contribution < 1.29 is 4.92 Å². The summed E-state index contributed by atoms with van der Waals surface area (Å²) in [5, 5.41) is 19.4. The summed E-state index contributed by atoms with van der Waals surface area (Å²) in [6.45, 7) is 1.76. The Hall–Kier alpha value is -1.60. The van der Waals surface area contributed by atoms with Crippen molar-refractivity contribution >= 4 is 17.3 Å². The van der Waals surface area contributed by atoms with E-state index in [2.05, 4.69) is 0 Å². The van der Waals surface area contributed by atoms with Crippen molar-refractivity contribution in [2.24, 2.45) is 0 Å². The smallest absolute Gasteiger partial charge is 0.258 e. The van der Waals surface area contributed by atoms with Gasteiger partial charge in [0.25, 0.3) is 5.69 Å². The fraction of sp³-hybridized carbons (Fsp3) is 0.222. The Morgan fingerprint density at radius 3 is 2.71 bits per heavy atom. The van der Waals surface area contributed by atoms with E-state index in [1.807, 2.05) is 0 Å². The number of nitriles is 1. The van der Waals surface area contributed by atoms with Crippen molar-refractivity contribution in [2.45, 2.75) is 12.8 Å². The molecule has 0 aliphatic carbocycles. The molecule has 0 bridgehead atoms. The minimum atomic E-state index is -0.574. The van der Waals surface area contributed by atoms with Crippen molar-refractivity contribution in [3.8, 4) is 6.07 Å². The highest BCUT2D eigenvalue weighted by atomic mass is 35.5. The van der Waals surface area contributed by atoms with Gasteiger partial charge in [-0.1, -0.05) is 0 Å². The number of nitro benzene ring substituents is 1. The fourth-order valence-corrected chi connectivity index (χ4v) is 1.46. The van der Waals surface area contributed by atoms with Crippen LogP contribution in [0, 0.1) is 28.4 Å². The monoisotopic (exact) mass is 210 g/mol. The molecule has 0 unspecified atom stereocenters. The number of hydrogen-bond donors (Lipinski definition) is 0. The van der Waals surface area contributed by atoms with E-state index < -0.39 is 4.92 Å². The van der Waals surface area contributed by atoms with E-state index in [1.165, 1.54) is 6.07 Å². The summed E-state index contributed by atoms with van der Waals surface area (Å²) < 4.78 is 0. The van der Waals surface area contributed by atoms with Crippen LogP contribution in [0.25, 0.3) is 0 Å². The van der Waals surface area contributed by atoms with Crippen LogP contribution in [0.4, 0.5) is 5.69 Å². The van der Waals surface area contributed by atoms with Gasteiger partial charge in [0.15, 0.2) is 0 Å². The summed E-state index contributed by atoms with van der Waals surface area (Å²) in [7, 11) is 0. The van der Waals surface area contributed by atoms with Crippen molar-refractivity contribution in [3.05, 3.63) is 38.9 Å². The minimum Gasteiger partial charge on any atom is -0.258 e. The topological polar surface area (TPSA) is 66.9 Å². The summed E-state index contributed by atoms with van der Waals surface area (Å²) in [5.41, 5.74) is 1.05. The molecule has 0 spiro atoms. The number of hydrogen-bond acceptors (Lipinski definition) is 3. The summed E-state index contributed by atoms with van der Waals surface area (Å²) in [4.78, 5) is 10.1. The summed E-state index contributed by atoms with van der Waals surface area (Å²) in [5.74, 6) is 0.0344. The quantitative estimate of drug-likeness (QED) is 0.428. The van der Waals surface area contributed by atoms with Gasteiger partial charge in [-0.2, -0.15) is 5.26 Å². The second-order valence-corrected chi connectivity index (χ2v) is 3.09. The van der Waals surface area contributed by atoms with Crippen molar-refractivity contribution in [1.29, 1.82) is 5.26 Å². The van der Waals surface area contributed by atoms with Gasteiger partial charge < -0.3 is 0 Å². The SMILES string of the molecule is Cc1cc(C#N)c([N+](=O)[O-])c(CCl)c1. The van der Waals surface area contributed by atoms with Crippen LogP contribution in [-0.4, -0.2) is 4.92 Å². The van der Waals surface area contributed by atoms with Crippen LogP contribution in [0.1, 0.15) is 16.7 Å². The van der Waals surface area contributed by atoms with Crippen LogP contribution in [0.3, 0.4) is 0 Å². The van der Waals surface area contributed by atoms with Crippen LogP contribution in [0.15, 0.2) is 12.1 Å². The molecular formula is C9H7ClN2O2. The number of nitro groups is 1. The lowest BCUT2D eigenvalue weighted by Crippen LogP contribution is -1.98. The Bertz CT molecular complexity index is 424. The van der Waals surface area contributed by atoms with Crippen LogP contribution in [0.2, 0.25) is 0 Å². The number of aryl methyl sites for hydroxylation is 1. The van der Waals surface area contributed by atoms with E-state index in [4.69, 9.17) is 16.9 Å². The molecule has 0 saturated heterocycles. The first kappa shape index (κ1) is 10.5. The number of alkyl halides is 1. The maximum Gasteiger partial charge on any atom is 0.291 e. The summed E-state index contributed by atoms with van der Waals surface area (Å²) >= 11 is 5.56. The van der Waals surface area contributed by atoms with Gasteiger partial charge in [-0.05, 0) is 24.6 Å². The zero-order chi connectivity index (χ0) is 10.7. The van der Waals surface area contributed by atoms with Gasteiger partial charge in [-0.25, -0.2) is 0 Å². The molecule has 0 aromatic heterocycles. The van der Waals surface area contributed by atoms with Gasteiger partial charge in [0, 0.05) is 5.56 Å². The predicted molar refractivity (Wildman–Crippen MR) is 52.1 cm³/mol. The van der Waals surface area contributed by atoms with Crippen molar-refractivity contribution in [3.63, 3.8) is 0 Å². The zero-order valence-corrected chi connectivity index (χ0v) is 8.21. The van der Waals surface area contributed by atoms with Crippen LogP contribution < -0.4 is 0 Å². The highest BCUT2D eigenvalue weighted by Crippen LogP contribution is 2.26. The van der Waals surface area contributed by atoms with E-state index in [-0.39, 0.29) is 17.1 Å². The highest BCUT2D eigenvalue weighted by Gasteiger charge is 2.19. The third kappa shape index (κ3) is 1.83. The Balaban J connectivity index is 3.50. The molecule has 0 heterocycles. The minimum absolute atomic E-state index is 0.0344. The second kappa shape index (κ2) is 4.07. The van der Waals surface area contributed by atoms with Gasteiger partial charge in [0.05, 0.1) is 10.8 Å². The van der Waals surface area contributed by atoms with E-state index >= 15 is 0 Å². The Morgan fingerprint density at radius 2 is 2.29 bits per heavy atom. The van der Waals surface area contributed by atoms with Gasteiger partial charge in [-0.3, -0.25) is 10.1 Å². The third-order valence-electron chi connectivity index (χ3n) is 1.78. The van der Waals surface area contributed by atoms with Crippen LogP contribution >= 0.6 is 11.6 Å². The maximum absolute atomic E-state index is 10.7. The molecule has 4 nitrogen and oxygen atoms in total. The second-order valence-electron chi connectivity index (χ2n) is 2.82. The van der Waals surface area contributed by atoms with Gasteiger partial charge in [-0.15, -0.1) is 11.6 Å². The average Bonchev–Trinajstić information content (AvgIpc) is 2.15. The molecule has 0 fully saturated rings. The molecule has 0 aliphatic rings. The molecule has 1 aromatic carbocycles. The molecule has 0 N–H and O–H groups in total. The van der Waals surface area contributed by atoms with Crippen molar-refractivity contribution in [1.82, 2.24) is 0 Å². The lowest BCUT2D eigenvalue weighted by atomic mass is 10.1. The molecule has 1 rings (SSSR count). The number of rotatable bonds is 2. The molecule has 0 saturated carbocycles. The van der Waals surface area contributed by atoms with Gasteiger partial charge >= 0.3 is 0 Å². The third-order valence-corrected chi connectivity index (χ3v) is 2.07. The number of halogens is 1. The summed E-state index contributed by atoms with van der Waals surface area (Å²) in [6.07, 6.45) is 0. The normalized spacial score (nSPS) is 9.50. The molecule has 0 aliphatic heterocycles. The van der Waals surface area contributed by atoms with E-state index in [0.717, 1.165) is 5.56 Å². The Labute approximate surface area is 85.9 Å². The van der Waals surface area contributed by atoms with Crippen LogP contribution in [0.5, 0.6) is 0 Å². The van der Waals surface area contributed by atoms with E-state index in [1.54, 1.807) is 19.1 Å². The van der Waals surface area contributed by atoms with Crippen LogP contribution in [-0.2, 0) is 5.88 Å². The Kier molecular flexibility index (Phi) is 3.05. The Morgan fingerprint density at radius 1 is 1.64 bits per heavy atom.